The number of nitrogens with zero attached hydrogens (tertiary/aromatic N) is 4. The molecule has 5 rings (SSSR count). The van der Waals surface area contributed by atoms with E-state index in [2.05, 4.69) is 26.9 Å². The Hall–Kier alpha value is -4.09. The standard InChI is InChI=1S/C26H25N5O3/c1-26(2,27)9-8-18-12-24-28-15-20(31(24)30-13-18)10-17-4-6-21-22(11-17)33-16-23(34-21)19-5-7-25(32-3)29-14-19/h4-7,11-15,23H,10,16,27H2,1-3H3. The number of rotatable bonds is 4. The Balaban J connectivity index is 1.32. The highest BCUT2D eigenvalue weighted by Crippen LogP contribution is 2.37. The second-order valence-electron chi connectivity index (χ2n) is 8.74. The molecule has 0 fully saturated rings. The number of benzene rings is 1. The Kier molecular flexibility index (Phi) is 5.56. The van der Waals surface area contributed by atoms with Gasteiger partial charge in [0.15, 0.2) is 23.3 Å². The summed E-state index contributed by atoms with van der Waals surface area (Å²) < 4.78 is 19.1. The third kappa shape index (κ3) is 4.65. The fraction of sp³-hybridized carbons (Fsp3) is 0.269. The van der Waals surface area contributed by atoms with Crippen LogP contribution < -0.4 is 19.9 Å². The summed E-state index contributed by atoms with van der Waals surface area (Å²) in [5.74, 6) is 8.07. The summed E-state index contributed by atoms with van der Waals surface area (Å²) in [6, 6.07) is 11.6. The van der Waals surface area contributed by atoms with Gasteiger partial charge in [-0.2, -0.15) is 5.10 Å². The van der Waals surface area contributed by atoms with Crippen molar-refractivity contribution in [2.24, 2.45) is 5.73 Å². The first-order valence-corrected chi connectivity index (χ1v) is 10.9. The number of pyridine rings is 1. The van der Waals surface area contributed by atoms with Crippen molar-refractivity contribution in [3.8, 4) is 29.2 Å². The molecular formula is C26H25N5O3. The van der Waals surface area contributed by atoms with Crippen molar-refractivity contribution in [3.63, 3.8) is 0 Å². The van der Waals surface area contributed by atoms with Gasteiger partial charge in [-0.15, -0.1) is 0 Å². The first-order valence-electron chi connectivity index (χ1n) is 10.9. The van der Waals surface area contributed by atoms with Gasteiger partial charge in [0.05, 0.1) is 30.7 Å². The van der Waals surface area contributed by atoms with Crippen molar-refractivity contribution < 1.29 is 14.2 Å². The summed E-state index contributed by atoms with van der Waals surface area (Å²) >= 11 is 0. The van der Waals surface area contributed by atoms with Crippen LogP contribution >= 0.6 is 0 Å². The van der Waals surface area contributed by atoms with E-state index < -0.39 is 5.54 Å². The van der Waals surface area contributed by atoms with Crippen LogP contribution in [0.1, 0.15) is 42.3 Å². The highest BCUT2D eigenvalue weighted by atomic mass is 16.6. The summed E-state index contributed by atoms with van der Waals surface area (Å²) in [7, 11) is 1.59. The largest absolute Gasteiger partial charge is 0.485 e. The molecule has 1 aliphatic rings. The van der Waals surface area contributed by atoms with E-state index in [1.54, 1.807) is 19.5 Å². The second kappa shape index (κ2) is 8.69. The molecule has 0 amide bonds. The van der Waals surface area contributed by atoms with Crippen molar-refractivity contribution >= 4 is 5.65 Å². The first kappa shape index (κ1) is 21.7. The molecule has 1 aromatic carbocycles. The molecule has 3 aromatic heterocycles. The number of aromatic nitrogens is 4. The van der Waals surface area contributed by atoms with Gasteiger partial charge in [-0.25, -0.2) is 14.5 Å². The normalized spacial score (nSPS) is 15.0. The maximum absolute atomic E-state index is 6.15. The fourth-order valence-electron chi connectivity index (χ4n) is 3.65. The minimum Gasteiger partial charge on any atom is -0.485 e. The second-order valence-corrected chi connectivity index (χ2v) is 8.74. The number of nitrogens with two attached hydrogens (primary N) is 1. The van der Waals surface area contributed by atoms with E-state index in [1.807, 2.05) is 61.0 Å². The molecule has 34 heavy (non-hydrogen) atoms. The van der Waals surface area contributed by atoms with Gasteiger partial charge in [0.2, 0.25) is 5.88 Å². The molecule has 8 nitrogen and oxygen atoms in total. The van der Waals surface area contributed by atoms with Gasteiger partial charge in [-0.1, -0.05) is 17.9 Å². The molecule has 1 aliphatic heterocycles. The average molecular weight is 456 g/mol. The molecule has 0 saturated heterocycles. The predicted molar refractivity (Wildman–Crippen MR) is 127 cm³/mol. The maximum atomic E-state index is 6.15. The number of ether oxygens (including phenoxy) is 3. The maximum Gasteiger partial charge on any atom is 0.212 e. The summed E-state index contributed by atoms with van der Waals surface area (Å²) in [4.78, 5) is 8.74. The predicted octanol–water partition coefficient (Wildman–Crippen LogP) is 3.33. The van der Waals surface area contributed by atoms with Crippen LogP contribution in [0, 0.1) is 11.8 Å². The zero-order chi connectivity index (χ0) is 23.7. The topological polar surface area (TPSA) is 96.8 Å². The van der Waals surface area contributed by atoms with E-state index in [4.69, 9.17) is 19.9 Å². The highest BCUT2D eigenvalue weighted by Gasteiger charge is 2.23. The highest BCUT2D eigenvalue weighted by molar-refractivity contribution is 5.49. The quantitative estimate of drug-likeness (QED) is 0.472. The van der Waals surface area contributed by atoms with Crippen LogP contribution in [0.3, 0.4) is 0 Å². The molecule has 0 bridgehead atoms. The van der Waals surface area contributed by atoms with Gasteiger partial charge < -0.3 is 19.9 Å². The van der Waals surface area contributed by atoms with Crippen molar-refractivity contribution in [1.82, 2.24) is 19.6 Å². The molecule has 172 valence electrons. The number of hydrogen-bond donors (Lipinski definition) is 1. The van der Waals surface area contributed by atoms with E-state index in [0.717, 1.165) is 33.8 Å². The summed E-state index contributed by atoms with van der Waals surface area (Å²) in [5.41, 5.74) is 9.88. The lowest BCUT2D eigenvalue weighted by Gasteiger charge is -2.27. The number of fused-ring (bicyclic) bond motifs is 2. The molecule has 0 radical (unpaired) electrons. The van der Waals surface area contributed by atoms with Gasteiger partial charge in [0, 0.05) is 35.9 Å². The van der Waals surface area contributed by atoms with E-state index in [9.17, 15) is 0 Å². The molecule has 0 saturated carbocycles. The van der Waals surface area contributed by atoms with Crippen LogP contribution in [0.5, 0.6) is 17.4 Å². The van der Waals surface area contributed by atoms with Crippen LogP contribution in [0.15, 0.2) is 55.0 Å². The third-order valence-corrected chi connectivity index (χ3v) is 5.35. The molecular weight excluding hydrogens is 430 g/mol. The van der Waals surface area contributed by atoms with Crippen molar-refractivity contribution in [1.29, 1.82) is 0 Å². The molecule has 1 atom stereocenters. The molecule has 8 heteroatoms. The van der Waals surface area contributed by atoms with E-state index in [0.29, 0.717) is 24.7 Å². The number of methoxy groups -OCH3 is 1. The Bertz CT molecular complexity index is 1390. The first-order chi connectivity index (χ1) is 16.4. The Morgan fingerprint density at radius 3 is 2.76 bits per heavy atom. The molecule has 2 N–H and O–H groups in total. The van der Waals surface area contributed by atoms with Gasteiger partial charge in [-0.05, 0) is 37.6 Å². The molecule has 0 spiro atoms. The van der Waals surface area contributed by atoms with E-state index in [-0.39, 0.29) is 6.10 Å². The SMILES string of the molecule is COc1ccc(C2COc3cc(Cc4cnc5cc(C#CC(C)(C)N)cnn45)ccc3O2)cn1. The van der Waals surface area contributed by atoms with E-state index >= 15 is 0 Å². The summed E-state index contributed by atoms with van der Waals surface area (Å²) in [6.07, 6.45) is 5.74. The van der Waals surface area contributed by atoms with Crippen molar-refractivity contribution in [2.45, 2.75) is 31.9 Å². The zero-order valence-electron chi connectivity index (χ0n) is 19.3. The summed E-state index contributed by atoms with van der Waals surface area (Å²) in [5, 5.41) is 4.52. The summed E-state index contributed by atoms with van der Waals surface area (Å²) in [6.45, 7) is 4.14. The minimum atomic E-state index is -0.559. The van der Waals surface area contributed by atoms with Crippen molar-refractivity contribution in [2.75, 3.05) is 13.7 Å². The Labute approximate surface area is 197 Å². The lowest BCUT2D eigenvalue weighted by Crippen LogP contribution is -2.29. The Morgan fingerprint density at radius 1 is 1.12 bits per heavy atom. The molecule has 1 unspecified atom stereocenters. The van der Waals surface area contributed by atoms with Crippen LogP contribution in [0.4, 0.5) is 0 Å². The van der Waals surface area contributed by atoms with Crippen LogP contribution in [0.25, 0.3) is 5.65 Å². The average Bonchev–Trinajstić information content (AvgIpc) is 3.24. The monoisotopic (exact) mass is 455 g/mol. The molecule has 4 aromatic rings. The zero-order valence-corrected chi connectivity index (χ0v) is 19.3. The smallest absolute Gasteiger partial charge is 0.212 e. The van der Waals surface area contributed by atoms with Gasteiger partial charge >= 0.3 is 0 Å². The van der Waals surface area contributed by atoms with Crippen LogP contribution in [0.2, 0.25) is 0 Å². The Morgan fingerprint density at radius 2 is 2.00 bits per heavy atom. The fourth-order valence-corrected chi connectivity index (χ4v) is 3.65. The molecule has 4 heterocycles. The van der Waals surface area contributed by atoms with Gasteiger partial charge in [0.1, 0.15) is 6.61 Å². The number of imidazole rings is 1. The van der Waals surface area contributed by atoms with Crippen LogP contribution in [-0.2, 0) is 6.42 Å². The van der Waals surface area contributed by atoms with E-state index in [1.165, 1.54) is 0 Å². The van der Waals surface area contributed by atoms with Crippen LogP contribution in [-0.4, -0.2) is 38.8 Å². The molecule has 0 aliphatic carbocycles. The lowest BCUT2D eigenvalue weighted by molar-refractivity contribution is 0.0908. The van der Waals surface area contributed by atoms with Gasteiger partial charge in [-0.3, -0.25) is 0 Å². The minimum absolute atomic E-state index is 0.220. The number of hydrogen-bond acceptors (Lipinski definition) is 7. The van der Waals surface area contributed by atoms with Gasteiger partial charge in [0.25, 0.3) is 0 Å². The van der Waals surface area contributed by atoms with Crippen molar-refractivity contribution in [3.05, 3.63) is 77.4 Å². The lowest BCUT2D eigenvalue weighted by atomic mass is 10.1. The third-order valence-electron chi connectivity index (χ3n) is 5.35.